The zero-order valence-corrected chi connectivity index (χ0v) is 21.7. The minimum atomic E-state index is -7.03. The normalized spacial score (nSPS) is 14.9. The molecule has 40 heavy (non-hydrogen) atoms. The van der Waals surface area contributed by atoms with Crippen LogP contribution >= 0.6 is 0 Å². The lowest BCUT2D eigenvalue weighted by molar-refractivity contribution is -0.287. The van der Waals surface area contributed by atoms with Crippen molar-refractivity contribution < 1.29 is 52.7 Å². The largest absolute Gasteiger partial charge is 0.436 e. The molecule has 0 saturated carbocycles. The number of aliphatic imine (C=N–C) groups is 2. The molecule has 0 radical (unpaired) electrons. The summed E-state index contributed by atoms with van der Waals surface area (Å²) < 4.78 is 171. The van der Waals surface area contributed by atoms with Gasteiger partial charge in [-0.25, -0.2) is 14.4 Å². The molecule has 0 heterocycles. The minimum absolute atomic E-state index is 0.0898. The van der Waals surface area contributed by atoms with Gasteiger partial charge in [0, 0.05) is 11.1 Å². The van der Waals surface area contributed by atoms with Crippen LogP contribution in [0.1, 0.15) is 44.5 Å². The van der Waals surface area contributed by atoms with E-state index in [-0.39, 0.29) is 22.3 Å². The van der Waals surface area contributed by atoms with Gasteiger partial charge in [0.05, 0.1) is 0 Å². The SMILES string of the molecule is Cc1cc(C)c(C(F)=N/C(=C(\F)C(N=C(F)c2c(C)cc(C)cc2C)(C(F)(F)F)C(F)(F)F)C(F)(F)F)c(C)c1. The summed E-state index contributed by atoms with van der Waals surface area (Å²) in [7, 11) is 0. The number of benzene rings is 2. The van der Waals surface area contributed by atoms with Crippen molar-refractivity contribution in [1.82, 2.24) is 0 Å². The first-order valence-corrected chi connectivity index (χ1v) is 11.2. The third kappa shape index (κ3) is 6.20. The average molecular weight is 590 g/mol. The van der Waals surface area contributed by atoms with Crippen LogP contribution in [0.3, 0.4) is 0 Å². The summed E-state index contributed by atoms with van der Waals surface area (Å²) in [5.74, 6) is -8.86. The molecule has 0 aromatic heterocycles. The number of allylic oxidation sites excluding steroid dienone is 1. The lowest BCUT2D eigenvalue weighted by atomic mass is 9.93. The van der Waals surface area contributed by atoms with Gasteiger partial charge in [0.2, 0.25) is 11.9 Å². The quantitative estimate of drug-likeness (QED) is 0.245. The molecule has 0 N–H and O–H groups in total. The van der Waals surface area contributed by atoms with Gasteiger partial charge in [-0.05, 0) is 63.8 Å². The Morgan fingerprint density at radius 2 is 0.875 bits per heavy atom. The van der Waals surface area contributed by atoms with Crippen molar-refractivity contribution in [2.24, 2.45) is 9.98 Å². The number of hydrogen-bond acceptors (Lipinski definition) is 2. The minimum Gasteiger partial charge on any atom is -0.225 e. The first kappa shape index (κ1) is 32.9. The zero-order chi connectivity index (χ0) is 31.2. The van der Waals surface area contributed by atoms with E-state index in [0.717, 1.165) is 26.0 Å². The number of rotatable bonds is 5. The van der Waals surface area contributed by atoms with Crippen molar-refractivity contribution in [3.05, 3.63) is 80.3 Å². The maximum absolute atomic E-state index is 15.3. The molecule has 2 aromatic rings. The van der Waals surface area contributed by atoms with Crippen LogP contribution in [-0.4, -0.2) is 36.0 Å². The summed E-state index contributed by atoms with van der Waals surface area (Å²) in [6, 6.07) is 4.79. The third-order valence-electron chi connectivity index (χ3n) is 5.86. The Morgan fingerprint density at radius 1 is 0.550 bits per heavy atom. The summed E-state index contributed by atoms with van der Waals surface area (Å²) in [5, 5.41) is 0. The van der Waals surface area contributed by atoms with E-state index in [1.54, 1.807) is 0 Å². The number of nitrogens with zero attached hydrogens (tertiary/aromatic N) is 2. The second kappa shape index (κ2) is 10.9. The lowest BCUT2D eigenvalue weighted by Gasteiger charge is -2.33. The number of hydrogen-bond donors (Lipinski definition) is 0. The van der Waals surface area contributed by atoms with E-state index in [4.69, 9.17) is 0 Å². The fourth-order valence-electron chi connectivity index (χ4n) is 4.36. The van der Waals surface area contributed by atoms with Crippen LogP contribution in [0.15, 0.2) is 45.8 Å². The Labute approximate surface area is 221 Å². The maximum atomic E-state index is 15.3. The van der Waals surface area contributed by atoms with Crippen molar-refractivity contribution in [3.8, 4) is 0 Å². The molecule has 0 unspecified atom stereocenters. The lowest BCUT2D eigenvalue weighted by Crippen LogP contribution is -2.57. The Kier molecular flexibility index (Phi) is 8.98. The molecule has 0 aliphatic rings. The molecule has 0 aliphatic heterocycles. The van der Waals surface area contributed by atoms with Crippen LogP contribution < -0.4 is 0 Å². The molecule has 0 aliphatic carbocycles. The molecule has 0 fully saturated rings. The van der Waals surface area contributed by atoms with E-state index in [1.807, 2.05) is 4.99 Å². The van der Waals surface area contributed by atoms with Gasteiger partial charge in [0.15, 0.2) is 11.5 Å². The van der Waals surface area contributed by atoms with Gasteiger partial charge in [0.1, 0.15) is 0 Å². The van der Waals surface area contributed by atoms with Gasteiger partial charge < -0.3 is 0 Å². The number of aryl methyl sites for hydroxylation is 6. The van der Waals surface area contributed by atoms with E-state index >= 15 is 8.78 Å². The van der Waals surface area contributed by atoms with Crippen molar-refractivity contribution in [2.75, 3.05) is 0 Å². The average Bonchev–Trinajstić information content (AvgIpc) is 2.71. The van der Waals surface area contributed by atoms with E-state index in [1.165, 1.54) is 39.8 Å². The van der Waals surface area contributed by atoms with Gasteiger partial charge in [0.25, 0.3) is 0 Å². The summed E-state index contributed by atoms with van der Waals surface area (Å²) in [5.41, 5.74) is -11.3. The van der Waals surface area contributed by atoms with Gasteiger partial charge in [-0.15, -0.1) is 0 Å². The summed E-state index contributed by atoms with van der Waals surface area (Å²) >= 11 is 0. The van der Waals surface area contributed by atoms with Crippen LogP contribution in [0, 0.1) is 41.5 Å². The van der Waals surface area contributed by atoms with E-state index in [9.17, 15) is 43.9 Å². The Balaban J connectivity index is 3.10. The molecule has 2 nitrogen and oxygen atoms in total. The van der Waals surface area contributed by atoms with Crippen LogP contribution in [-0.2, 0) is 0 Å². The summed E-state index contributed by atoms with van der Waals surface area (Å²) in [4.78, 5) is 4.14. The summed E-state index contributed by atoms with van der Waals surface area (Å²) in [6.07, 6.45) is -20.5. The highest BCUT2D eigenvalue weighted by atomic mass is 19.4. The molecule has 2 rings (SSSR count). The molecule has 2 aromatic carbocycles. The molecule has 0 atom stereocenters. The monoisotopic (exact) mass is 590 g/mol. The van der Waals surface area contributed by atoms with Crippen LogP contribution in [0.4, 0.5) is 52.7 Å². The fourth-order valence-corrected chi connectivity index (χ4v) is 4.36. The molecule has 0 amide bonds. The van der Waals surface area contributed by atoms with Crippen LogP contribution in [0.5, 0.6) is 0 Å². The number of halogens is 12. The molecule has 0 bridgehead atoms. The zero-order valence-electron chi connectivity index (χ0n) is 21.7. The Hall–Kier alpha value is -3.32. The molecule has 220 valence electrons. The molecule has 14 heteroatoms. The van der Waals surface area contributed by atoms with Crippen LogP contribution in [0.25, 0.3) is 0 Å². The first-order chi connectivity index (χ1) is 18.0. The third-order valence-corrected chi connectivity index (χ3v) is 5.86. The smallest absolute Gasteiger partial charge is 0.225 e. The standard InChI is InChI=1S/C26H22F12N2/c1-11-7-13(3)17(14(4)8-11)21(28)39-20(24(30,31)32)19(27)23(25(33,34)35,26(36,37)38)40-22(29)18-15(5)9-12(2)10-16(18)6/h7-10H,1-6H3/b20-19-,39-21?,40-22?. The second-order valence-corrected chi connectivity index (χ2v) is 9.22. The highest BCUT2D eigenvalue weighted by molar-refractivity contribution is 5.97. The molecule has 0 spiro atoms. The highest BCUT2D eigenvalue weighted by Gasteiger charge is 2.76. The van der Waals surface area contributed by atoms with Crippen LogP contribution in [0.2, 0.25) is 0 Å². The van der Waals surface area contributed by atoms with Crippen molar-refractivity contribution in [3.63, 3.8) is 0 Å². The Bertz CT molecular complexity index is 1330. The second-order valence-electron chi connectivity index (χ2n) is 9.22. The predicted octanol–water partition coefficient (Wildman–Crippen LogP) is 9.28. The van der Waals surface area contributed by atoms with E-state index < -0.39 is 58.6 Å². The van der Waals surface area contributed by atoms with E-state index in [2.05, 4.69) is 4.99 Å². The summed E-state index contributed by atoms with van der Waals surface area (Å²) in [6.45, 7) is 7.53. The predicted molar refractivity (Wildman–Crippen MR) is 126 cm³/mol. The van der Waals surface area contributed by atoms with E-state index in [0.29, 0.717) is 11.1 Å². The van der Waals surface area contributed by atoms with Gasteiger partial charge in [-0.2, -0.15) is 48.3 Å². The van der Waals surface area contributed by atoms with Crippen molar-refractivity contribution >= 4 is 11.9 Å². The van der Waals surface area contributed by atoms with Gasteiger partial charge in [-0.1, -0.05) is 35.4 Å². The van der Waals surface area contributed by atoms with Gasteiger partial charge in [-0.3, -0.25) is 0 Å². The Morgan fingerprint density at radius 3 is 1.18 bits per heavy atom. The topological polar surface area (TPSA) is 24.7 Å². The number of alkyl halides is 9. The molecular weight excluding hydrogens is 568 g/mol. The molecular formula is C26H22F12N2. The maximum Gasteiger partial charge on any atom is 0.436 e. The van der Waals surface area contributed by atoms with Crippen molar-refractivity contribution in [2.45, 2.75) is 65.6 Å². The highest BCUT2D eigenvalue weighted by Crippen LogP contribution is 2.54. The molecule has 0 saturated heterocycles. The van der Waals surface area contributed by atoms with Gasteiger partial charge >= 0.3 is 24.1 Å². The first-order valence-electron chi connectivity index (χ1n) is 11.2. The fraction of sp³-hybridized carbons (Fsp3) is 0.385. The van der Waals surface area contributed by atoms with Crippen molar-refractivity contribution in [1.29, 1.82) is 0 Å².